The van der Waals surface area contributed by atoms with Gasteiger partial charge in [-0.05, 0) is 17.7 Å². The van der Waals surface area contributed by atoms with Crippen molar-refractivity contribution in [1.29, 1.82) is 0 Å². The summed E-state index contributed by atoms with van der Waals surface area (Å²) >= 11 is 7.59. The zero-order valence-corrected chi connectivity index (χ0v) is 15.6. The Balaban J connectivity index is 1.88. The van der Waals surface area contributed by atoms with Gasteiger partial charge in [0.15, 0.2) is 0 Å². The highest BCUT2D eigenvalue weighted by Gasteiger charge is 2.20. The van der Waals surface area contributed by atoms with E-state index >= 15 is 0 Å². The van der Waals surface area contributed by atoms with Crippen LogP contribution in [0, 0.1) is 0 Å². The van der Waals surface area contributed by atoms with Gasteiger partial charge in [-0.25, -0.2) is 9.50 Å². The van der Waals surface area contributed by atoms with Crippen LogP contribution in [0.25, 0.3) is 4.96 Å². The van der Waals surface area contributed by atoms with Gasteiger partial charge in [0.2, 0.25) is 10.1 Å². The van der Waals surface area contributed by atoms with Gasteiger partial charge in [-0.15, -0.1) is 5.10 Å². The molecule has 0 spiro atoms. The Labute approximate surface area is 150 Å². The second-order valence-corrected chi connectivity index (χ2v) is 8.13. The number of hydrogen-bond acceptors (Lipinski definition) is 5. The molecule has 0 aliphatic rings. The number of imidazole rings is 1. The largest absolute Gasteiger partial charge is 0.395 e. The van der Waals surface area contributed by atoms with E-state index in [9.17, 15) is 5.11 Å². The summed E-state index contributed by atoms with van der Waals surface area (Å²) in [6.45, 7) is 7.63. The lowest BCUT2D eigenvalue weighted by atomic mass is 9.93. The van der Waals surface area contributed by atoms with E-state index in [1.165, 1.54) is 11.3 Å². The van der Waals surface area contributed by atoms with Gasteiger partial charge < -0.3 is 10.0 Å². The van der Waals surface area contributed by atoms with Crippen molar-refractivity contribution in [2.75, 3.05) is 18.1 Å². The molecule has 5 nitrogen and oxygen atoms in total. The molecule has 0 unspecified atom stereocenters. The molecule has 2 aromatic heterocycles. The molecule has 3 aromatic rings. The molecule has 0 aliphatic carbocycles. The van der Waals surface area contributed by atoms with Crippen LogP contribution in [0.2, 0.25) is 5.02 Å². The summed E-state index contributed by atoms with van der Waals surface area (Å²) in [5.41, 5.74) is 2.11. The molecule has 128 valence electrons. The number of aliphatic hydroxyl groups is 1. The molecule has 0 amide bonds. The van der Waals surface area contributed by atoms with Crippen molar-refractivity contribution in [2.45, 2.75) is 32.7 Å². The molecule has 0 saturated carbocycles. The van der Waals surface area contributed by atoms with Crippen LogP contribution >= 0.6 is 22.9 Å². The Morgan fingerprint density at radius 3 is 2.75 bits per heavy atom. The Kier molecular flexibility index (Phi) is 4.80. The molecule has 0 bridgehead atoms. The van der Waals surface area contributed by atoms with Gasteiger partial charge >= 0.3 is 0 Å². The van der Waals surface area contributed by atoms with Crippen LogP contribution in [-0.2, 0) is 12.0 Å². The molecule has 24 heavy (non-hydrogen) atoms. The van der Waals surface area contributed by atoms with Gasteiger partial charge in [0.05, 0.1) is 18.5 Å². The number of aromatic nitrogens is 3. The number of benzene rings is 1. The summed E-state index contributed by atoms with van der Waals surface area (Å²) in [7, 11) is 0. The van der Waals surface area contributed by atoms with Crippen molar-refractivity contribution in [3.8, 4) is 0 Å². The van der Waals surface area contributed by atoms with Crippen LogP contribution in [0.5, 0.6) is 0 Å². The summed E-state index contributed by atoms with van der Waals surface area (Å²) in [5, 5.41) is 15.6. The van der Waals surface area contributed by atoms with Crippen molar-refractivity contribution in [2.24, 2.45) is 0 Å². The molecule has 1 N–H and O–H groups in total. The van der Waals surface area contributed by atoms with E-state index in [-0.39, 0.29) is 12.0 Å². The Morgan fingerprint density at radius 2 is 2.12 bits per heavy atom. The molecule has 0 fully saturated rings. The quantitative estimate of drug-likeness (QED) is 0.749. The minimum Gasteiger partial charge on any atom is -0.395 e. The fourth-order valence-electron chi connectivity index (χ4n) is 2.40. The van der Waals surface area contributed by atoms with Gasteiger partial charge in [0, 0.05) is 23.5 Å². The first-order valence-electron chi connectivity index (χ1n) is 7.84. The minimum absolute atomic E-state index is 0.000837. The second-order valence-electron chi connectivity index (χ2n) is 6.76. The second kappa shape index (κ2) is 6.70. The van der Waals surface area contributed by atoms with Gasteiger partial charge in [-0.2, -0.15) is 0 Å². The van der Waals surface area contributed by atoms with E-state index in [4.69, 9.17) is 11.6 Å². The molecule has 0 atom stereocenters. The highest BCUT2D eigenvalue weighted by molar-refractivity contribution is 7.20. The maximum absolute atomic E-state index is 9.39. The van der Waals surface area contributed by atoms with E-state index in [1.807, 2.05) is 39.9 Å². The number of rotatable bonds is 5. The molecule has 2 heterocycles. The molecule has 7 heteroatoms. The number of anilines is 1. The van der Waals surface area contributed by atoms with Crippen molar-refractivity contribution in [1.82, 2.24) is 14.6 Å². The van der Waals surface area contributed by atoms with Crippen molar-refractivity contribution < 1.29 is 5.11 Å². The zero-order valence-electron chi connectivity index (χ0n) is 14.0. The lowest BCUT2D eigenvalue weighted by Gasteiger charge is -2.20. The number of fused-ring (bicyclic) bond motifs is 1. The number of halogens is 1. The van der Waals surface area contributed by atoms with Crippen LogP contribution in [0.4, 0.5) is 5.13 Å². The number of aliphatic hydroxyl groups excluding tert-OH is 1. The Morgan fingerprint density at radius 1 is 1.33 bits per heavy atom. The fourth-order valence-corrected chi connectivity index (χ4v) is 3.52. The van der Waals surface area contributed by atoms with E-state index in [0.717, 1.165) is 21.3 Å². The van der Waals surface area contributed by atoms with E-state index in [1.54, 1.807) is 0 Å². The molecular formula is C17H21ClN4OS. The summed E-state index contributed by atoms with van der Waals surface area (Å²) in [6, 6.07) is 7.74. The third-order valence-electron chi connectivity index (χ3n) is 3.70. The topological polar surface area (TPSA) is 53.7 Å². The molecule has 0 aliphatic heterocycles. The van der Waals surface area contributed by atoms with Crippen LogP contribution in [0.1, 0.15) is 32.0 Å². The fraction of sp³-hybridized carbons (Fsp3) is 0.412. The lowest BCUT2D eigenvalue weighted by Crippen LogP contribution is -2.26. The Hall–Kier alpha value is -1.63. The van der Waals surface area contributed by atoms with Crippen molar-refractivity contribution in [3.05, 3.63) is 46.7 Å². The van der Waals surface area contributed by atoms with Gasteiger partial charge in [0.1, 0.15) is 0 Å². The van der Waals surface area contributed by atoms with Crippen LogP contribution < -0.4 is 4.90 Å². The van der Waals surface area contributed by atoms with Crippen molar-refractivity contribution >= 4 is 33.0 Å². The van der Waals surface area contributed by atoms with Gasteiger partial charge in [-0.3, -0.25) is 0 Å². The summed E-state index contributed by atoms with van der Waals surface area (Å²) in [6.07, 6.45) is 1.98. The SMILES string of the molecule is CC(C)(C)c1cn2nc(N(CCO)Cc3cccc(Cl)c3)sc2n1. The van der Waals surface area contributed by atoms with E-state index in [2.05, 4.69) is 30.9 Å². The van der Waals surface area contributed by atoms with Crippen LogP contribution in [-0.4, -0.2) is 32.9 Å². The first-order valence-corrected chi connectivity index (χ1v) is 9.03. The zero-order chi connectivity index (χ0) is 17.3. The molecule has 0 radical (unpaired) electrons. The number of hydrogen-bond donors (Lipinski definition) is 1. The predicted molar refractivity (Wildman–Crippen MR) is 99.2 cm³/mol. The van der Waals surface area contributed by atoms with Crippen LogP contribution in [0.3, 0.4) is 0 Å². The normalized spacial score (nSPS) is 12.0. The van der Waals surface area contributed by atoms with Gasteiger partial charge in [0.25, 0.3) is 0 Å². The summed E-state index contributed by atoms with van der Waals surface area (Å²) in [5.74, 6) is 0. The maximum Gasteiger partial charge on any atom is 0.214 e. The average Bonchev–Trinajstić information content (AvgIpc) is 3.04. The summed E-state index contributed by atoms with van der Waals surface area (Å²) in [4.78, 5) is 7.59. The molecule has 3 rings (SSSR count). The summed E-state index contributed by atoms with van der Waals surface area (Å²) < 4.78 is 1.82. The van der Waals surface area contributed by atoms with E-state index < -0.39 is 0 Å². The third-order valence-corrected chi connectivity index (χ3v) is 4.92. The van der Waals surface area contributed by atoms with Gasteiger partial charge in [-0.1, -0.05) is 55.8 Å². The minimum atomic E-state index is -0.000837. The van der Waals surface area contributed by atoms with Crippen LogP contribution in [0.15, 0.2) is 30.5 Å². The third kappa shape index (κ3) is 3.71. The standard InChI is InChI=1S/C17H21ClN4OS/c1-17(2,3)14-11-22-15(19-14)24-16(20-22)21(7-8-23)10-12-5-4-6-13(18)9-12/h4-6,9,11,23H,7-8,10H2,1-3H3. The highest BCUT2D eigenvalue weighted by Crippen LogP contribution is 2.28. The number of nitrogens with zero attached hydrogens (tertiary/aromatic N) is 4. The monoisotopic (exact) mass is 364 g/mol. The average molecular weight is 365 g/mol. The molecule has 0 saturated heterocycles. The first kappa shape index (κ1) is 17.2. The smallest absolute Gasteiger partial charge is 0.214 e. The first-order chi connectivity index (χ1) is 11.4. The Bertz CT molecular complexity index is 805. The predicted octanol–water partition coefficient (Wildman–Crippen LogP) is 3.74. The molecular weight excluding hydrogens is 344 g/mol. The molecule has 1 aromatic carbocycles. The van der Waals surface area contributed by atoms with E-state index in [0.29, 0.717) is 18.1 Å². The lowest BCUT2D eigenvalue weighted by molar-refractivity contribution is 0.301. The highest BCUT2D eigenvalue weighted by atomic mass is 35.5. The maximum atomic E-state index is 9.39. The van der Waals surface area contributed by atoms with Crippen molar-refractivity contribution in [3.63, 3.8) is 0 Å².